The molecule has 1 atom stereocenters. The van der Waals surface area contributed by atoms with Gasteiger partial charge in [0.25, 0.3) is 0 Å². The molecule has 1 aromatic heterocycles. The summed E-state index contributed by atoms with van der Waals surface area (Å²) in [4.78, 5) is 37.3. The topological polar surface area (TPSA) is 105 Å². The van der Waals surface area contributed by atoms with Crippen molar-refractivity contribution in [3.8, 4) is 0 Å². The first-order valence-corrected chi connectivity index (χ1v) is 8.62. The molecule has 0 fully saturated rings. The second-order valence-electron chi connectivity index (χ2n) is 6.13. The standard InChI is InChI=1S/C18H21ClN4O4/c1-11-8-16(22-27-11)21-17(25)10-23(3)18(26)9-15(20-12(2)24)13-4-6-14(19)7-5-13/h4-8,15H,9-10H2,1-3H3,(H,20,24)(H,21,22,25). The van der Waals surface area contributed by atoms with E-state index in [0.29, 0.717) is 10.8 Å². The number of rotatable bonds is 7. The highest BCUT2D eigenvalue weighted by Gasteiger charge is 2.21. The third-order valence-electron chi connectivity index (χ3n) is 3.73. The number of amides is 3. The van der Waals surface area contributed by atoms with Gasteiger partial charge in [-0.3, -0.25) is 14.4 Å². The van der Waals surface area contributed by atoms with E-state index in [2.05, 4.69) is 15.8 Å². The van der Waals surface area contributed by atoms with Gasteiger partial charge in [-0.2, -0.15) is 0 Å². The van der Waals surface area contributed by atoms with Crippen LogP contribution in [0.2, 0.25) is 5.02 Å². The van der Waals surface area contributed by atoms with Crippen molar-refractivity contribution in [2.45, 2.75) is 26.3 Å². The number of carbonyl (C=O) groups excluding carboxylic acids is 3. The second-order valence-corrected chi connectivity index (χ2v) is 6.57. The smallest absolute Gasteiger partial charge is 0.245 e. The van der Waals surface area contributed by atoms with E-state index >= 15 is 0 Å². The molecule has 0 saturated heterocycles. The van der Waals surface area contributed by atoms with Crippen LogP contribution in [0.4, 0.5) is 5.82 Å². The Morgan fingerprint density at radius 1 is 1.26 bits per heavy atom. The second kappa shape index (κ2) is 9.18. The highest BCUT2D eigenvalue weighted by atomic mass is 35.5. The summed E-state index contributed by atoms with van der Waals surface area (Å²) in [5.41, 5.74) is 0.749. The van der Waals surface area contributed by atoms with Crippen LogP contribution in [0.25, 0.3) is 0 Å². The molecule has 2 rings (SSSR count). The normalized spacial score (nSPS) is 11.6. The molecule has 1 heterocycles. The van der Waals surface area contributed by atoms with Crippen molar-refractivity contribution in [2.75, 3.05) is 18.9 Å². The Morgan fingerprint density at radius 2 is 1.93 bits per heavy atom. The summed E-state index contributed by atoms with van der Waals surface area (Å²) in [5, 5.41) is 9.52. The van der Waals surface area contributed by atoms with E-state index in [4.69, 9.17) is 16.1 Å². The van der Waals surface area contributed by atoms with E-state index in [1.165, 1.54) is 18.9 Å². The van der Waals surface area contributed by atoms with Gasteiger partial charge in [0.2, 0.25) is 17.7 Å². The number of aromatic nitrogens is 1. The predicted octanol–water partition coefficient (Wildman–Crippen LogP) is 2.30. The minimum Gasteiger partial charge on any atom is -0.360 e. The van der Waals surface area contributed by atoms with Crippen LogP contribution >= 0.6 is 11.6 Å². The van der Waals surface area contributed by atoms with Crippen LogP contribution in [-0.2, 0) is 14.4 Å². The highest BCUT2D eigenvalue weighted by molar-refractivity contribution is 6.30. The molecule has 2 aromatic rings. The summed E-state index contributed by atoms with van der Waals surface area (Å²) in [6.07, 6.45) is 0.00800. The average molecular weight is 393 g/mol. The van der Waals surface area contributed by atoms with Gasteiger partial charge in [0, 0.05) is 25.1 Å². The fraction of sp³-hybridized carbons (Fsp3) is 0.333. The van der Waals surface area contributed by atoms with Crippen LogP contribution < -0.4 is 10.6 Å². The van der Waals surface area contributed by atoms with E-state index in [-0.39, 0.29) is 30.6 Å². The van der Waals surface area contributed by atoms with Gasteiger partial charge in [0.05, 0.1) is 19.0 Å². The van der Waals surface area contributed by atoms with Crippen molar-refractivity contribution in [1.29, 1.82) is 0 Å². The lowest BCUT2D eigenvalue weighted by Crippen LogP contribution is -2.38. The summed E-state index contributed by atoms with van der Waals surface area (Å²) in [7, 11) is 1.52. The Morgan fingerprint density at radius 3 is 2.48 bits per heavy atom. The number of carbonyl (C=O) groups is 3. The fourth-order valence-corrected chi connectivity index (χ4v) is 2.56. The molecule has 0 bridgehead atoms. The summed E-state index contributed by atoms with van der Waals surface area (Å²) < 4.78 is 4.87. The number of benzene rings is 1. The maximum absolute atomic E-state index is 12.5. The van der Waals surface area contributed by atoms with Crippen molar-refractivity contribution in [2.24, 2.45) is 0 Å². The Labute approximate surface area is 161 Å². The molecule has 9 heteroatoms. The summed E-state index contributed by atoms with van der Waals surface area (Å²) >= 11 is 5.88. The molecule has 2 N–H and O–H groups in total. The Kier molecular flexibility index (Phi) is 6.95. The number of nitrogens with zero attached hydrogens (tertiary/aromatic N) is 2. The van der Waals surface area contributed by atoms with Crippen LogP contribution in [-0.4, -0.2) is 41.4 Å². The lowest BCUT2D eigenvalue weighted by atomic mass is 10.0. The average Bonchev–Trinajstić information content (AvgIpc) is 2.99. The minimum absolute atomic E-state index is 0.00800. The summed E-state index contributed by atoms with van der Waals surface area (Å²) in [6, 6.07) is 7.93. The largest absolute Gasteiger partial charge is 0.360 e. The third-order valence-corrected chi connectivity index (χ3v) is 3.98. The van der Waals surface area contributed by atoms with E-state index < -0.39 is 11.9 Å². The predicted molar refractivity (Wildman–Crippen MR) is 100 cm³/mol. The van der Waals surface area contributed by atoms with Gasteiger partial charge in [0.15, 0.2) is 5.82 Å². The summed E-state index contributed by atoms with van der Waals surface area (Å²) in [5.74, 6) is -0.104. The first-order valence-electron chi connectivity index (χ1n) is 8.24. The number of nitrogens with one attached hydrogen (secondary N) is 2. The van der Waals surface area contributed by atoms with E-state index in [1.54, 1.807) is 37.3 Å². The van der Waals surface area contributed by atoms with Crippen molar-refractivity contribution >= 4 is 35.1 Å². The molecule has 1 unspecified atom stereocenters. The molecule has 144 valence electrons. The number of halogens is 1. The number of likely N-dealkylation sites (N-methyl/N-ethyl adjacent to an activating group) is 1. The maximum Gasteiger partial charge on any atom is 0.245 e. The lowest BCUT2D eigenvalue weighted by Gasteiger charge is -2.22. The van der Waals surface area contributed by atoms with Crippen LogP contribution in [0, 0.1) is 6.92 Å². The van der Waals surface area contributed by atoms with Gasteiger partial charge >= 0.3 is 0 Å². The molecule has 0 radical (unpaired) electrons. The zero-order valence-electron chi connectivity index (χ0n) is 15.3. The van der Waals surface area contributed by atoms with Crippen molar-refractivity contribution in [3.05, 3.63) is 46.7 Å². The van der Waals surface area contributed by atoms with Crippen LogP contribution in [0.3, 0.4) is 0 Å². The van der Waals surface area contributed by atoms with Crippen molar-refractivity contribution < 1.29 is 18.9 Å². The van der Waals surface area contributed by atoms with Crippen LogP contribution in [0.1, 0.15) is 30.7 Å². The molecule has 3 amide bonds. The molecular weight excluding hydrogens is 372 g/mol. The molecule has 0 aliphatic rings. The molecule has 27 heavy (non-hydrogen) atoms. The zero-order valence-corrected chi connectivity index (χ0v) is 16.0. The first-order chi connectivity index (χ1) is 12.7. The zero-order chi connectivity index (χ0) is 20.0. The quantitative estimate of drug-likeness (QED) is 0.752. The third kappa shape index (κ3) is 6.41. The van der Waals surface area contributed by atoms with E-state index in [0.717, 1.165) is 5.56 Å². The van der Waals surface area contributed by atoms with Gasteiger partial charge in [-0.05, 0) is 24.6 Å². The SMILES string of the molecule is CC(=O)NC(CC(=O)N(C)CC(=O)Nc1cc(C)on1)c1ccc(Cl)cc1. The minimum atomic E-state index is -0.518. The van der Waals surface area contributed by atoms with Gasteiger partial charge < -0.3 is 20.1 Å². The van der Waals surface area contributed by atoms with E-state index in [1.807, 2.05) is 0 Å². The van der Waals surface area contributed by atoms with Gasteiger partial charge in [-0.15, -0.1) is 0 Å². The van der Waals surface area contributed by atoms with Gasteiger partial charge in [-0.25, -0.2) is 0 Å². The molecule has 0 saturated carbocycles. The fourth-order valence-electron chi connectivity index (χ4n) is 2.43. The molecule has 0 aliphatic heterocycles. The number of anilines is 1. The monoisotopic (exact) mass is 392 g/mol. The van der Waals surface area contributed by atoms with Crippen molar-refractivity contribution in [3.63, 3.8) is 0 Å². The molecule has 1 aromatic carbocycles. The van der Waals surface area contributed by atoms with E-state index in [9.17, 15) is 14.4 Å². The molecular formula is C18H21ClN4O4. The maximum atomic E-state index is 12.5. The summed E-state index contributed by atoms with van der Waals surface area (Å²) in [6.45, 7) is 2.93. The van der Waals surface area contributed by atoms with Gasteiger partial charge in [-0.1, -0.05) is 28.9 Å². The Bertz CT molecular complexity index is 819. The molecule has 0 aliphatic carbocycles. The number of hydrogen-bond acceptors (Lipinski definition) is 5. The van der Waals surface area contributed by atoms with Crippen molar-refractivity contribution in [1.82, 2.24) is 15.4 Å². The Hall–Kier alpha value is -2.87. The Balaban J connectivity index is 1.97. The molecule has 8 nitrogen and oxygen atoms in total. The first kappa shape index (κ1) is 20.4. The lowest BCUT2D eigenvalue weighted by molar-refractivity contribution is -0.134. The number of aryl methyl sites for hydroxylation is 1. The number of hydrogen-bond donors (Lipinski definition) is 2. The highest BCUT2D eigenvalue weighted by Crippen LogP contribution is 2.20. The van der Waals surface area contributed by atoms with Crippen LogP contribution in [0.5, 0.6) is 0 Å². The van der Waals surface area contributed by atoms with Gasteiger partial charge in [0.1, 0.15) is 5.76 Å². The molecule has 0 spiro atoms. The van der Waals surface area contributed by atoms with Crippen LogP contribution in [0.15, 0.2) is 34.9 Å².